The van der Waals surface area contributed by atoms with Crippen molar-refractivity contribution in [3.05, 3.63) is 0 Å². The van der Waals surface area contributed by atoms with Crippen molar-refractivity contribution in [2.45, 2.75) is 20.3 Å². The van der Waals surface area contributed by atoms with Gasteiger partial charge < -0.3 is 14.5 Å². The van der Waals surface area contributed by atoms with Crippen molar-refractivity contribution in [2.24, 2.45) is 5.41 Å². The van der Waals surface area contributed by atoms with Crippen molar-refractivity contribution >= 4 is 36.1 Å². The van der Waals surface area contributed by atoms with E-state index in [9.17, 15) is 4.79 Å². The zero-order valence-electron chi connectivity index (χ0n) is 12.2. The highest BCUT2D eigenvalue weighted by Crippen LogP contribution is 2.23. The summed E-state index contributed by atoms with van der Waals surface area (Å²) in [6.45, 7) is 9.93. The van der Waals surface area contributed by atoms with E-state index in [1.165, 1.54) is 0 Å². The molecule has 1 rings (SSSR count). The van der Waals surface area contributed by atoms with Crippen LogP contribution in [-0.4, -0.2) is 67.9 Å². The van der Waals surface area contributed by atoms with Gasteiger partial charge in [-0.1, -0.05) is 8.93 Å². The normalized spacial score (nSPS) is 18.5. The van der Waals surface area contributed by atoms with Crippen LogP contribution in [0.4, 0.5) is 0 Å². The lowest BCUT2D eigenvalue weighted by Gasteiger charge is -2.34. The highest BCUT2D eigenvalue weighted by molar-refractivity contribution is 14.2. The number of halogens is 1. The van der Waals surface area contributed by atoms with E-state index in [0.717, 1.165) is 44.9 Å². The molecule has 1 heterocycles. The molecule has 0 aromatic heterocycles. The number of carbonyl (C=O) groups is 1. The molecule has 0 aromatic rings. The molecular weight excluding hydrogens is 375 g/mol. The molecule has 0 bridgehead atoms. The Kier molecular flexibility index (Phi) is 8.01. The van der Waals surface area contributed by atoms with Gasteiger partial charge in [-0.05, 0) is 55.1 Å². The van der Waals surface area contributed by atoms with Gasteiger partial charge >= 0.3 is 5.97 Å². The first-order chi connectivity index (χ1) is 8.95. The molecule has 0 aromatic carbocycles. The molecule has 1 saturated heterocycles. The van der Waals surface area contributed by atoms with Crippen LogP contribution in [0.5, 0.6) is 0 Å². The molecule has 0 unspecified atom stereocenters. The van der Waals surface area contributed by atoms with E-state index in [4.69, 9.17) is 4.74 Å². The Balaban J connectivity index is 2.27. The molecule has 19 heavy (non-hydrogen) atoms. The van der Waals surface area contributed by atoms with Gasteiger partial charge in [0.2, 0.25) is 0 Å². The van der Waals surface area contributed by atoms with Gasteiger partial charge in [-0.3, -0.25) is 4.79 Å². The van der Waals surface area contributed by atoms with E-state index in [0.29, 0.717) is 6.61 Å². The highest BCUT2D eigenvalue weighted by atomic mass is 127. The molecule has 0 atom stereocenters. The summed E-state index contributed by atoms with van der Waals surface area (Å²) in [4.78, 5) is 16.8. The van der Waals surface area contributed by atoms with Crippen LogP contribution in [0.3, 0.4) is 0 Å². The lowest BCUT2D eigenvalue weighted by atomic mass is 9.89. The van der Waals surface area contributed by atoms with Crippen LogP contribution in [0.1, 0.15) is 20.3 Å². The summed E-state index contributed by atoms with van der Waals surface area (Å²) in [5.74, 6) is 0.799. The summed E-state index contributed by atoms with van der Waals surface area (Å²) >= 11 is 2.22. The van der Waals surface area contributed by atoms with Crippen LogP contribution in [0, 0.1) is 5.41 Å². The van der Waals surface area contributed by atoms with E-state index in [2.05, 4.69) is 38.1 Å². The predicted octanol–water partition coefficient (Wildman–Crippen LogP) is 2.28. The standard InChI is InChI=1S/C13H25IN2O2S/c1-13(2,12(17)18-10-11-19-14)4-5-16-8-6-15(3)7-9-16/h4-11H2,1-3H3. The highest BCUT2D eigenvalue weighted by Gasteiger charge is 2.30. The summed E-state index contributed by atoms with van der Waals surface area (Å²) in [6.07, 6.45) is 0.868. The van der Waals surface area contributed by atoms with Crippen LogP contribution >= 0.6 is 30.1 Å². The average molecular weight is 400 g/mol. The van der Waals surface area contributed by atoms with E-state index in [1.54, 1.807) is 8.93 Å². The van der Waals surface area contributed by atoms with Gasteiger partial charge in [0.05, 0.1) is 5.41 Å². The summed E-state index contributed by atoms with van der Waals surface area (Å²) in [7, 11) is 3.83. The summed E-state index contributed by atoms with van der Waals surface area (Å²) in [6, 6.07) is 0. The van der Waals surface area contributed by atoms with Gasteiger partial charge in [0.15, 0.2) is 0 Å². The van der Waals surface area contributed by atoms with Gasteiger partial charge in [-0.2, -0.15) is 0 Å². The summed E-state index contributed by atoms with van der Waals surface area (Å²) in [5.41, 5.74) is -0.376. The van der Waals surface area contributed by atoms with E-state index in [1.807, 2.05) is 13.8 Å². The van der Waals surface area contributed by atoms with Crippen LogP contribution in [0.25, 0.3) is 0 Å². The van der Waals surface area contributed by atoms with Crippen molar-refractivity contribution in [2.75, 3.05) is 52.1 Å². The summed E-state index contributed by atoms with van der Waals surface area (Å²) in [5, 5.41) is 0. The molecule has 4 nitrogen and oxygen atoms in total. The second-order valence-electron chi connectivity index (χ2n) is 5.73. The van der Waals surface area contributed by atoms with Crippen LogP contribution in [0.2, 0.25) is 0 Å². The molecule has 1 aliphatic heterocycles. The molecule has 6 heteroatoms. The minimum atomic E-state index is -0.376. The number of piperazine rings is 1. The molecule has 1 aliphatic rings. The van der Waals surface area contributed by atoms with Gasteiger partial charge in [0.25, 0.3) is 0 Å². The number of nitrogens with zero attached hydrogens (tertiary/aromatic N) is 2. The Bertz CT molecular complexity index is 282. The van der Waals surface area contributed by atoms with E-state index in [-0.39, 0.29) is 11.4 Å². The van der Waals surface area contributed by atoms with Crippen LogP contribution in [-0.2, 0) is 9.53 Å². The third kappa shape index (κ3) is 6.64. The minimum absolute atomic E-state index is 0.0629. The minimum Gasteiger partial charge on any atom is -0.464 e. The fourth-order valence-electron chi connectivity index (χ4n) is 1.97. The number of hydrogen-bond donors (Lipinski definition) is 0. The van der Waals surface area contributed by atoms with Crippen molar-refractivity contribution in [3.63, 3.8) is 0 Å². The Hall–Kier alpha value is 0.470. The van der Waals surface area contributed by atoms with Crippen molar-refractivity contribution in [1.29, 1.82) is 0 Å². The number of rotatable bonds is 7. The zero-order valence-corrected chi connectivity index (χ0v) is 15.1. The number of likely N-dealkylation sites (N-methyl/N-ethyl adjacent to an activating group) is 1. The molecule has 0 aliphatic carbocycles. The Labute approximate surface area is 133 Å². The van der Waals surface area contributed by atoms with Gasteiger partial charge in [0.1, 0.15) is 6.61 Å². The van der Waals surface area contributed by atoms with Crippen molar-refractivity contribution in [3.8, 4) is 0 Å². The Morgan fingerprint density at radius 3 is 2.53 bits per heavy atom. The average Bonchev–Trinajstić information content (AvgIpc) is 2.38. The van der Waals surface area contributed by atoms with Gasteiger partial charge in [-0.25, -0.2) is 0 Å². The first-order valence-corrected chi connectivity index (χ1v) is 10.3. The van der Waals surface area contributed by atoms with E-state index >= 15 is 0 Å². The quantitative estimate of drug-likeness (QED) is 0.372. The second-order valence-corrected chi connectivity index (χ2v) is 8.22. The molecular formula is C13H25IN2O2S. The monoisotopic (exact) mass is 400 g/mol. The second kappa shape index (κ2) is 8.69. The Morgan fingerprint density at radius 2 is 1.95 bits per heavy atom. The number of carbonyl (C=O) groups excluding carboxylic acids is 1. The number of esters is 1. The van der Waals surface area contributed by atoms with E-state index < -0.39 is 0 Å². The maximum atomic E-state index is 12.0. The van der Waals surface area contributed by atoms with Crippen LogP contribution < -0.4 is 0 Å². The molecule has 0 saturated carbocycles. The number of ether oxygens (including phenoxy) is 1. The van der Waals surface area contributed by atoms with Gasteiger partial charge in [0, 0.05) is 31.9 Å². The maximum Gasteiger partial charge on any atom is 0.311 e. The first kappa shape index (κ1) is 17.5. The fourth-order valence-corrected chi connectivity index (χ4v) is 2.66. The largest absolute Gasteiger partial charge is 0.464 e. The lowest BCUT2D eigenvalue weighted by Crippen LogP contribution is -2.45. The smallest absolute Gasteiger partial charge is 0.311 e. The lowest BCUT2D eigenvalue weighted by molar-refractivity contribution is -0.153. The Morgan fingerprint density at radius 1 is 1.32 bits per heavy atom. The van der Waals surface area contributed by atoms with Gasteiger partial charge in [-0.15, -0.1) is 0 Å². The van der Waals surface area contributed by atoms with Crippen molar-refractivity contribution in [1.82, 2.24) is 9.80 Å². The molecule has 0 amide bonds. The predicted molar refractivity (Wildman–Crippen MR) is 89.8 cm³/mol. The molecule has 0 N–H and O–H groups in total. The topological polar surface area (TPSA) is 32.8 Å². The summed E-state index contributed by atoms with van der Waals surface area (Å²) < 4.78 is 5.31. The van der Waals surface area contributed by atoms with Crippen molar-refractivity contribution < 1.29 is 9.53 Å². The number of hydrogen-bond acceptors (Lipinski definition) is 5. The third-order valence-electron chi connectivity index (χ3n) is 3.60. The molecule has 0 radical (unpaired) electrons. The molecule has 112 valence electrons. The molecule has 1 fully saturated rings. The fraction of sp³-hybridized carbons (Fsp3) is 0.923. The maximum absolute atomic E-state index is 12.0. The van der Waals surface area contributed by atoms with Crippen LogP contribution in [0.15, 0.2) is 0 Å². The zero-order chi connectivity index (χ0) is 14.3. The third-order valence-corrected chi connectivity index (χ3v) is 5.24. The SMILES string of the molecule is CN1CCN(CCC(C)(C)C(=O)OCCSI)CC1. The molecule has 0 spiro atoms. The first-order valence-electron chi connectivity index (χ1n) is 6.77.